The summed E-state index contributed by atoms with van der Waals surface area (Å²) in [5, 5.41) is 12.9. The molecule has 1 unspecified atom stereocenters. The van der Waals surface area contributed by atoms with Crippen molar-refractivity contribution in [3.05, 3.63) is 54.4 Å². The van der Waals surface area contributed by atoms with Gasteiger partial charge in [0.1, 0.15) is 18.6 Å². The zero-order valence-electron chi connectivity index (χ0n) is 20.6. The van der Waals surface area contributed by atoms with Crippen LogP contribution >= 0.6 is 0 Å². The minimum Gasteiger partial charge on any atom is -0.378 e. The van der Waals surface area contributed by atoms with Crippen LogP contribution in [0.3, 0.4) is 0 Å². The first-order valence-electron chi connectivity index (χ1n) is 12.7. The maximum absolute atomic E-state index is 13.7. The smallest absolute Gasteiger partial charge is 0.230 e. The van der Waals surface area contributed by atoms with Crippen LogP contribution in [-0.2, 0) is 4.74 Å². The number of halogens is 1. The van der Waals surface area contributed by atoms with E-state index in [1.165, 1.54) is 12.0 Å². The lowest BCUT2D eigenvalue weighted by Gasteiger charge is -2.43. The zero-order chi connectivity index (χ0) is 25.2. The number of nitrogens with zero attached hydrogens (tertiary/aromatic N) is 7. The number of nitriles is 1. The van der Waals surface area contributed by atoms with Gasteiger partial charge in [-0.15, -0.1) is 0 Å². The van der Waals surface area contributed by atoms with Crippen LogP contribution in [0.25, 0.3) is 11.4 Å². The summed E-state index contributed by atoms with van der Waals surface area (Å²) in [6, 6.07) is 16.6. The number of rotatable bonds is 6. The molecule has 6 rings (SSSR count). The van der Waals surface area contributed by atoms with E-state index in [1.54, 1.807) is 6.07 Å². The van der Waals surface area contributed by atoms with E-state index in [9.17, 15) is 9.65 Å². The third-order valence-electron chi connectivity index (χ3n) is 7.36. The summed E-state index contributed by atoms with van der Waals surface area (Å²) >= 11 is 0. The van der Waals surface area contributed by atoms with Crippen LogP contribution in [0.1, 0.15) is 12.0 Å². The predicted molar refractivity (Wildman–Crippen MR) is 140 cm³/mol. The maximum atomic E-state index is 13.7. The molecule has 0 saturated carbocycles. The quantitative estimate of drug-likeness (QED) is 0.548. The highest BCUT2D eigenvalue weighted by molar-refractivity contribution is 5.69. The van der Waals surface area contributed by atoms with Gasteiger partial charge in [0.05, 0.1) is 30.5 Å². The molecule has 0 radical (unpaired) electrons. The van der Waals surface area contributed by atoms with Crippen molar-refractivity contribution in [3.8, 4) is 17.5 Å². The minimum absolute atomic E-state index is 0.318. The summed E-state index contributed by atoms with van der Waals surface area (Å²) in [5.74, 6) is 0.896. The molecule has 3 saturated heterocycles. The molecule has 1 aromatic heterocycles. The van der Waals surface area contributed by atoms with Gasteiger partial charge in [0, 0.05) is 56.2 Å². The average molecular weight is 501 g/mol. The molecule has 0 aliphatic carbocycles. The Kier molecular flexibility index (Phi) is 6.55. The largest absolute Gasteiger partial charge is 0.378 e. The van der Waals surface area contributed by atoms with Crippen molar-refractivity contribution in [2.24, 2.45) is 0 Å². The molecule has 2 aromatic carbocycles. The number of nitrogens with one attached hydrogen (secondary N) is 1. The molecule has 9 nitrogen and oxygen atoms in total. The Balaban J connectivity index is 1.12. The number of aromatic nitrogens is 3. The van der Waals surface area contributed by atoms with Gasteiger partial charge >= 0.3 is 0 Å². The molecule has 190 valence electrons. The van der Waals surface area contributed by atoms with Crippen molar-refractivity contribution < 1.29 is 9.13 Å². The molecule has 3 fully saturated rings. The first-order valence-corrected chi connectivity index (χ1v) is 12.7. The average Bonchev–Trinajstić information content (AvgIpc) is 3.34. The fraction of sp³-hybridized carbons (Fsp3) is 0.407. The van der Waals surface area contributed by atoms with Gasteiger partial charge in [0.25, 0.3) is 0 Å². The molecule has 1 atom stereocenters. The van der Waals surface area contributed by atoms with E-state index >= 15 is 0 Å². The summed E-state index contributed by atoms with van der Waals surface area (Å²) in [5.41, 5.74) is 4.03. The molecule has 0 spiro atoms. The van der Waals surface area contributed by atoms with Gasteiger partial charge in [-0.1, -0.05) is 0 Å². The first kappa shape index (κ1) is 23.6. The second-order valence-electron chi connectivity index (χ2n) is 9.69. The summed E-state index contributed by atoms with van der Waals surface area (Å²) in [4.78, 5) is 20.0. The number of hydrogen-bond donors (Lipinski definition) is 1. The summed E-state index contributed by atoms with van der Waals surface area (Å²) in [7, 11) is 0. The SMILES string of the molecule is N#Cc1cc(-c2ncnc(Nc3ccc(N4CCN(C5COC5)CC4)cc3)n2)ccc1N1CCC(F)C1. The van der Waals surface area contributed by atoms with E-state index in [4.69, 9.17) is 4.74 Å². The van der Waals surface area contributed by atoms with Crippen molar-refractivity contribution in [2.75, 3.05) is 67.6 Å². The topological polar surface area (TPSA) is 93.4 Å². The second-order valence-corrected chi connectivity index (χ2v) is 9.69. The fourth-order valence-corrected chi connectivity index (χ4v) is 5.14. The fourth-order valence-electron chi connectivity index (χ4n) is 5.14. The minimum atomic E-state index is -0.852. The van der Waals surface area contributed by atoms with E-state index in [0.29, 0.717) is 48.5 Å². The van der Waals surface area contributed by atoms with Crippen LogP contribution in [0.15, 0.2) is 48.8 Å². The van der Waals surface area contributed by atoms with Crippen LogP contribution in [0.5, 0.6) is 0 Å². The number of anilines is 4. The van der Waals surface area contributed by atoms with Crippen LogP contribution in [-0.4, -0.2) is 84.5 Å². The lowest BCUT2D eigenvalue weighted by Crippen LogP contribution is -2.56. The van der Waals surface area contributed by atoms with E-state index in [-0.39, 0.29) is 0 Å². The Bertz CT molecular complexity index is 1280. The molecule has 37 heavy (non-hydrogen) atoms. The van der Waals surface area contributed by atoms with Gasteiger partial charge < -0.3 is 19.9 Å². The number of hydrogen-bond acceptors (Lipinski definition) is 9. The lowest BCUT2D eigenvalue weighted by molar-refractivity contribution is -0.0660. The standard InChI is InChI=1S/C27H29FN8O/c28-21-7-8-36(15-21)25-6-1-19(13-20(25)14-29)26-30-18-31-27(33-26)32-22-2-4-23(5-3-22)34-9-11-35(12-10-34)24-16-37-17-24/h1-6,13,18,21,24H,7-12,15-17H2,(H,30,31,32,33). The molecule has 10 heteroatoms. The van der Waals surface area contributed by atoms with E-state index in [0.717, 1.165) is 50.8 Å². The summed E-state index contributed by atoms with van der Waals surface area (Å²) in [6.07, 6.45) is 1.10. The van der Waals surface area contributed by atoms with Crippen molar-refractivity contribution in [1.82, 2.24) is 19.9 Å². The first-order chi connectivity index (χ1) is 18.2. The number of benzene rings is 2. The molecule has 0 amide bonds. The van der Waals surface area contributed by atoms with Gasteiger partial charge in [0.15, 0.2) is 5.82 Å². The molecule has 3 aromatic rings. The van der Waals surface area contributed by atoms with Crippen LogP contribution in [0, 0.1) is 11.3 Å². The molecule has 3 aliphatic rings. The second kappa shape index (κ2) is 10.3. The molecule has 3 aliphatic heterocycles. The van der Waals surface area contributed by atoms with Gasteiger partial charge in [0.2, 0.25) is 5.95 Å². The Labute approximate surface area is 215 Å². The van der Waals surface area contributed by atoms with Crippen LogP contribution < -0.4 is 15.1 Å². The highest BCUT2D eigenvalue weighted by Gasteiger charge is 2.29. The van der Waals surface area contributed by atoms with E-state index in [2.05, 4.69) is 48.3 Å². The van der Waals surface area contributed by atoms with Gasteiger partial charge in [-0.2, -0.15) is 10.2 Å². The Morgan fingerprint density at radius 1 is 0.973 bits per heavy atom. The molecule has 0 bridgehead atoms. The Morgan fingerprint density at radius 2 is 1.78 bits per heavy atom. The third-order valence-corrected chi connectivity index (χ3v) is 7.36. The highest BCUT2D eigenvalue weighted by atomic mass is 19.1. The summed E-state index contributed by atoms with van der Waals surface area (Å²) in [6.45, 7) is 6.80. The third kappa shape index (κ3) is 5.05. The monoisotopic (exact) mass is 500 g/mol. The van der Waals surface area contributed by atoms with Gasteiger partial charge in [-0.25, -0.2) is 14.4 Å². The highest BCUT2D eigenvalue weighted by Crippen LogP contribution is 2.29. The Hall–Kier alpha value is -3.81. The zero-order valence-corrected chi connectivity index (χ0v) is 20.6. The van der Waals surface area contributed by atoms with Crippen molar-refractivity contribution in [1.29, 1.82) is 5.26 Å². The summed E-state index contributed by atoms with van der Waals surface area (Å²) < 4.78 is 19.0. The van der Waals surface area contributed by atoms with Crippen LogP contribution in [0.2, 0.25) is 0 Å². The molecular formula is C27H29FN8O. The van der Waals surface area contributed by atoms with Crippen molar-refractivity contribution in [2.45, 2.75) is 18.6 Å². The van der Waals surface area contributed by atoms with Gasteiger partial charge in [-0.3, -0.25) is 4.90 Å². The molecular weight excluding hydrogens is 471 g/mol. The van der Waals surface area contributed by atoms with E-state index in [1.807, 2.05) is 29.2 Å². The van der Waals surface area contributed by atoms with Crippen LogP contribution in [0.4, 0.5) is 27.4 Å². The predicted octanol–water partition coefficient (Wildman–Crippen LogP) is 3.22. The van der Waals surface area contributed by atoms with Crippen molar-refractivity contribution >= 4 is 23.0 Å². The normalized spacial score (nSPS) is 20.5. The van der Waals surface area contributed by atoms with Gasteiger partial charge in [-0.05, 0) is 48.9 Å². The lowest BCUT2D eigenvalue weighted by atomic mass is 10.1. The number of piperazine rings is 1. The number of alkyl halides is 1. The van der Waals surface area contributed by atoms with E-state index < -0.39 is 6.17 Å². The molecule has 4 heterocycles. The van der Waals surface area contributed by atoms with Crippen molar-refractivity contribution in [3.63, 3.8) is 0 Å². The molecule has 1 N–H and O–H groups in total. The maximum Gasteiger partial charge on any atom is 0.230 e. The Morgan fingerprint density at radius 3 is 2.46 bits per heavy atom. The number of ether oxygens (including phenoxy) is 1.